The van der Waals surface area contributed by atoms with Crippen molar-refractivity contribution in [2.45, 2.75) is 75.8 Å². The van der Waals surface area contributed by atoms with Crippen LogP contribution in [0.25, 0.3) is 11.1 Å². The highest BCUT2D eigenvalue weighted by atomic mass is 35.5. The number of aliphatic carboxylic acids is 1. The topological polar surface area (TPSA) is 139 Å². The van der Waals surface area contributed by atoms with Crippen LogP contribution in [0.2, 0.25) is 10.0 Å². The third-order valence-corrected chi connectivity index (χ3v) is 12.0. The third-order valence-electron chi connectivity index (χ3n) is 10.2. The molecule has 11 nitrogen and oxygen atoms in total. The van der Waals surface area contributed by atoms with Crippen molar-refractivity contribution >= 4 is 39.0 Å². The van der Waals surface area contributed by atoms with Gasteiger partial charge in [-0.25, -0.2) is 8.42 Å². The summed E-state index contributed by atoms with van der Waals surface area (Å²) in [6.45, 7) is 6.10. The standard InChI is InChI=1S/C41H47Cl2N3O8S/c1-27-29(8-5-9-33(27)34-10-6-12-37(40(34)43)52-17-7-14-45-16-13-31(47)24-45)26-54-39-20-38(53-25-28-18-32(22-44-21-28)55(2,50)51)30(19-35(39)42)23-46-15-4-3-11-36(46)41(48)49/h5-6,8-10,12,18-22,31,36,47H,3-4,7,11,13-17,23-26H2,1-2H3,(H,48,49). The van der Waals surface area contributed by atoms with Crippen LogP contribution in [0, 0.1) is 6.92 Å². The molecule has 2 unspecified atom stereocenters. The number of carboxylic acids is 1. The van der Waals surface area contributed by atoms with Gasteiger partial charge in [-0.3, -0.25) is 14.7 Å². The maximum Gasteiger partial charge on any atom is 0.320 e. The Balaban J connectivity index is 1.20. The van der Waals surface area contributed by atoms with E-state index in [1.807, 2.05) is 48.2 Å². The summed E-state index contributed by atoms with van der Waals surface area (Å²) in [7, 11) is -3.47. The number of aliphatic hydroxyl groups is 1. The average molecular weight is 813 g/mol. The number of aliphatic hydroxyl groups excluding tert-OH is 1. The summed E-state index contributed by atoms with van der Waals surface area (Å²) < 4.78 is 43.0. The Morgan fingerprint density at radius 1 is 0.909 bits per heavy atom. The molecule has 2 aliphatic heterocycles. The predicted octanol–water partition coefficient (Wildman–Crippen LogP) is 7.20. The number of hydrogen-bond donors (Lipinski definition) is 2. The zero-order chi connectivity index (χ0) is 39.1. The molecule has 0 spiro atoms. The van der Waals surface area contributed by atoms with Crippen LogP contribution >= 0.6 is 23.2 Å². The van der Waals surface area contributed by atoms with Crippen molar-refractivity contribution < 1.29 is 37.6 Å². The maximum absolute atomic E-state index is 12.2. The number of likely N-dealkylation sites (tertiary alicyclic amines) is 2. The highest BCUT2D eigenvalue weighted by Crippen LogP contribution is 2.39. The van der Waals surface area contributed by atoms with Crippen LogP contribution in [0.1, 0.15) is 54.4 Å². The van der Waals surface area contributed by atoms with E-state index < -0.39 is 21.8 Å². The smallest absolute Gasteiger partial charge is 0.320 e. The molecule has 3 heterocycles. The van der Waals surface area contributed by atoms with Crippen molar-refractivity contribution in [2.75, 3.05) is 39.0 Å². The van der Waals surface area contributed by atoms with Gasteiger partial charge in [0.2, 0.25) is 0 Å². The molecule has 0 saturated carbocycles. The summed E-state index contributed by atoms with van der Waals surface area (Å²) in [4.78, 5) is 20.4. The lowest BCUT2D eigenvalue weighted by Gasteiger charge is -2.33. The fourth-order valence-electron chi connectivity index (χ4n) is 7.13. The number of pyridine rings is 1. The Labute approximate surface area is 332 Å². The van der Waals surface area contributed by atoms with Gasteiger partial charge >= 0.3 is 5.97 Å². The first-order valence-electron chi connectivity index (χ1n) is 18.5. The largest absolute Gasteiger partial charge is 0.492 e. The second-order valence-corrected chi connectivity index (χ2v) is 17.0. The van der Waals surface area contributed by atoms with Crippen molar-refractivity contribution in [1.82, 2.24) is 14.8 Å². The summed E-state index contributed by atoms with van der Waals surface area (Å²) in [6, 6.07) is 16.0. The number of benzene rings is 3. The molecule has 2 atom stereocenters. The molecular formula is C41H47Cl2N3O8S. The number of rotatable bonds is 16. The quantitative estimate of drug-likeness (QED) is 0.111. The minimum atomic E-state index is -3.47. The normalized spacial score (nSPS) is 18.0. The molecule has 3 aromatic carbocycles. The summed E-state index contributed by atoms with van der Waals surface area (Å²) in [6.07, 6.45) is 7.62. The lowest BCUT2D eigenvalue weighted by atomic mass is 9.96. The van der Waals surface area contributed by atoms with Crippen LogP contribution in [0.5, 0.6) is 17.2 Å². The number of carboxylic acid groups (broad SMARTS) is 1. The number of β-amino-alcohol motifs (C(OH)–C–C–N with tert-alkyl or cyclic N) is 1. The molecule has 55 heavy (non-hydrogen) atoms. The van der Waals surface area contributed by atoms with Crippen LogP contribution in [0.3, 0.4) is 0 Å². The van der Waals surface area contributed by atoms with Gasteiger partial charge in [0.05, 0.1) is 27.7 Å². The number of aromatic nitrogens is 1. The van der Waals surface area contributed by atoms with Gasteiger partial charge in [-0.2, -0.15) is 0 Å². The van der Waals surface area contributed by atoms with Gasteiger partial charge in [0.15, 0.2) is 9.84 Å². The molecular weight excluding hydrogens is 765 g/mol. The van der Waals surface area contributed by atoms with Crippen LogP contribution in [0.4, 0.5) is 0 Å². The molecule has 0 aliphatic carbocycles. The van der Waals surface area contributed by atoms with Crippen molar-refractivity contribution in [3.8, 4) is 28.4 Å². The zero-order valence-electron chi connectivity index (χ0n) is 31.0. The monoisotopic (exact) mass is 811 g/mol. The van der Waals surface area contributed by atoms with E-state index in [0.29, 0.717) is 71.1 Å². The first kappa shape index (κ1) is 40.7. The fourth-order valence-corrected chi connectivity index (χ4v) is 8.27. The van der Waals surface area contributed by atoms with E-state index in [2.05, 4.69) is 9.88 Å². The van der Waals surface area contributed by atoms with Gasteiger partial charge in [0.1, 0.15) is 36.5 Å². The lowest BCUT2D eigenvalue weighted by molar-refractivity contribution is -0.144. The van der Waals surface area contributed by atoms with E-state index in [0.717, 1.165) is 67.3 Å². The summed E-state index contributed by atoms with van der Waals surface area (Å²) in [5, 5.41) is 20.6. The highest BCUT2D eigenvalue weighted by Gasteiger charge is 2.29. The van der Waals surface area contributed by atoms with E-state index in [1.165, 1.54) is 12.3 Å². The molecule has 2 N–H and O–H groups in total. The fraction of sp³-hybridized carbons (Fsp3) is 0.415. The molecule has 2 aliphatic rings. The van der Waals surface area contributed by atoms with Crippen molar-refractivity contribution in [3.05, 3.63) is 99.3 Å². The Kier molecular flexibility index (Phi) is 13.6. The first-order valence-corrected chi connectivity index (χ1v) is 21.1. The summed E-state index contributed by atoms with van der Waals surface area (Å²) >= 11 is 13.8. The number of nitrogens with zero attached hydrogens (tertiary/aromatic N) is 3. The number of piperidine rings is 1. The minimum absolute atomic E-state index is 0.0139. The minimum Gasteiger partial charge on any atom is -0.492 e. The molecule has 4 aromatic rings. The zero-order valence-corrected chi connectivity index (χ0v) is 33.4. The van der Waals surface area contributed by atoms with Gasteiger partial charge in [-0.05, 0) is 74.0 Å². The molecule has 1 aromatic heterocycles. The van der Waals surface area contributed by atoms with E-state index in [9.17, 15) is 23.4 Å². The lowest BCUT2D eigenvalue weighted by Crippen LogP contribution is -2.44. The molecule has 0 bridgehead atoms. The number of ether oxygens (including phenoxy) is 3. The number of halogens is 2. The van der Waals surface area contributed by atoms with Gasteiger partial charge in [0.25, 0.3) is 0 Å². The first-order chi connectivity index (χ1) is 26.4. The van der Waals surface area contributed by atoms with E-state index in [-0.39, 0.29) is 24.2 Å². The van der Waals surface area contributed by atoms with E-state index >= 15 is 0 Å². The van der Waals surface area contributed by atoms with Crippen LogP contribution in [-0.2, 0) is 34.4 Å². The highest BCUT2D eigenvalue weighted by molar-refractivity contribution is 7.90. The van der Waals surface area contributed by atoms with Gasteiger partial charge < -0.3 is 29.3 Å². The molecule has 0 radical (unpaired) electrons. The Bertz CT molecular complexity index is 2100. The van der Waals surface area contributed by atoms with E-state index in [1.54, 1.807) is 18.3 Å². The van der Waals surface area contributed by atoms with Gasteiger partial charge in [0, 0.05) is 67.6 Å². The molecule has 6 rings (SSSR count). The SMILES string of the molecule is Cc1c(COc2cc(OCc3cncc(S(C)(=O)=O)c3)c(CN3CCCCC3C(=O)O)cc2Cl)cccc1-c1cccc(OCCCN2CCC(O)C2)c1Cl. The van der Waals surface area contributed by atoms with Crippen LogP contribution in [0.15, 0.2) is 71.9 Å². The predicted molar refractivity (Wildman–Crippen MR) is 212 cm³/mol. The van der Waals surface area contributed by atoms with Crippen LogP contribution < -0.4 is 14.2 Å². The van der Waals surface area contributed by atoms with Crippen molar-refractivity contribution in [1.29, 1.82) is 0 Å². The van der Waals surface area contributed by atoms with E-state index in [4.69, 9.17) is 37.4 Å². The molecule has 0 amide bonds. The molecule has 14 heteroatoms. The third kappa shape index (κ3) is 10.5. The Hall–Kier alpha value is -3.91. The second kappa shape index (κ2) is 18.4. The number of carbonyl (C=O) groups is 1. The van der Waals surface area contributed by atoms with Gasteiger partial charge in [-0.1, -0.05) is 60.0 Å². The van der Waals surface area contributed by atoms with Crippen molar-refractivity contribution in [2.24, 2.45) is 0 Å². The molecule has 294 valence electrons. The Morgan fingerprint density at radius 2 is 1.69 bits per heavy atom. The van der Waals surface area contributed by atoms with Crippen molar-refractivity contribution in [3.63, 3.8) is 0 Å². The van der Waals surface area contributed by atoms with Crippen LogP contribution in [-0.4, -0.2) is 90.6 Å². The Morgan fingerprint density at radius 3 is 2.45 bits per heavy atom. The summed E-state index contributed by atoms with van der Waals surface area (Å²) in [5.74, 6) is 0.550. The molecule has 2 saturated heterocycles. The molecule has 2 fully saturated rings. The maximum atomic E-state index is 12.2. The number of hydrogen-bond acceptors (Lipinski definition) is 10. The van der Waals surface area contributed by atoms with Gasteiger partial charge in [-0.15, -0.1) is 0 Å². The average Bonchev–Trinajstić information content (AvgIpc) is 3.58. The number of sulfone groups is 1. The second-order valence-electron chi connectivity index (χ2n) is 14.2. The summed E-state index contributed by atoms with van der Waals surface area (Å²) in [5.41, 5.74) is 4.90.